The summed E-state index contributed by atoms with van der Waals surface area (Å²) in [6, 6.07) is 0. The average Bonchev–Trinajstić information content (AvgIpc) is 1.64. The lowest BCUT2D eigenvalue weighted by Gasteiger charge is -2.22. The first-order valence-electron chi connectivity index (χ1n) is 3.04. The predicted molar refractivity (Wildman–Crippen MR) is 40.4 cm³/mol. The summed E-state index contributed by atoms with van der Waals surface area (Å²) in [5.41, 5.74) is 1.16. The van der Waals surface area contributed by atoms with Gasteiger partial charge in [-0.1, -0.05) is 13.0 Å². The van der Waals surface area contributed by atoms with Crippen molar-refractivity contribution < 1.29 is 5.11 Å². The van der Waals surface area contributed by atoms with E-state index in [9.17, 15) is 5.11 Å². The van der Waals surface area contributed by atoms with Crippen molar-refractivity contribution in [1.29, 1.82) is 0 Å². The number of hydrogen-bond acceptors (Lipinski definition) is 1. The summed E-state index contributed by atoms with van der Waals surface area (Å²) in [7, 11) is 3.19. The molecule has 1 unspecified atom stereocenters. The molecule has 1 N–H and O–H groups in total. The molecule has 0 fully saturated rings. The summed E-state index contributed by atoms with van der Waals surface area (Å²) in [4.78, 5) is 0. The molecule has 0 aliphatic heterocycles. The van der Waals surface area contributed by atoms with Gasteiger partial charge in [-0.05, 0) is 13.8 Å². The van der Waals surface area contributed by atoms with Gasteiger partial charge in [-0.15, -0.1) is 5.70 Å². The monoisotopic (exact) mass is 141 g/mol. The van der Waals surface area contributed by atoms with Crippen LogP contribution in [0.2, 0.25) is 0 Å². The highest BCUT2D eigenvalue weighted by molar-refractivity contribution is 6.16. The first-order valence-corrected chi connectivity index (χ1v) is 3.62. The van der Waals surface area contributed by atoms with Crippen molar-refractivity contribution in [3.8, 4) is 0 Å². The van der Waals surface area contributed by atoms with Crippen molar-refractivity contribution in [2.24, 2.45) is 5.92 Å². The highest BCUT2D eigenvalue weighted by Gasteiger charge is 2.18. The molecule has 0 heterocycles. The van der Waals surface area contributed by atoms with Crippen LogP contribution in [0.25, 0.3) is 0 Å². The minimum Gasteiger partial charge on any atom is -0.390 e. The maximum Gasteiger partial charge on any atom is 0.0651 e. The zero-order valence-electron chi connectivity index (χ0n) is 6.18. The smallest absolute Gasteiger partial charge is 0.0651 e. The van der Waals surface area contributed by atoms with Crippen LogP contribution in [0.15, 0.2) is 11.8 Å². The minimum atomic E-state index is -0.608. The van der Waals surface area contributed by atoms with E-state index >= 15 is 0 Å². The lowest BCUT2D eigenvalue weighted by molar-refractivity contribution is 0.0442. The van der Waals surface area contributed by atoms with Gasteiger partial charge in [0.2, 0.25) is 0 Å². The molecular weight excluding hydrogens is 128 g/mol. The van der Waals surface area contributed by atoms with Crippen LogP contribution < -0.4 is 0 Å². The Morgan fingerprint density at radius 2 is 2.00 bits per heavy atom. The lowest BCUT2D eigenvalue weighted by atomic mass is 9.93. The molecule has 0 aromatic rings. The topological polar surface area (TPSA) is 20.2 Å². The largest absolute Gasteiger partial charge is 0.390 e. The highest BCUT2D eigenvalue weighted by atomic mass is 28.1. The second-order valence-electron chi connectivity index (χ2n) is 2.80. The van der Waals surface area contributed by atoms with E-state index in [0.717, 1.165) is 0 Å². The first-order chi connectivity index (χ1) is 3.98. The first kappa shape index (κ1) is 8.92. The predicted octanol–water partition coefficient (Wildman–Crippen LogP) is 1.08. The van der Waals surface area contributed by atoms with E-state index < -0.39 is 5.60 Å². The molecular formula is C7H13OSi. The van der Waals surface area contributed by atoms with Crippen LogP contribution in [0.5, 0.6) is 0 Å². The van der Waals surface area contributed by atoms with Crippen LogP contribution in [0.3, 0.4) is 0 Å². The zero-order valence-corrected chi connectivity index (χ0v) is 7.18. The van der Waals surface area contributed by atoms with Crippen LogP contribution in [-0.2, 0) is 0 Å². The van der Waals surface area contributed by atoms with Crippen LogP contribution >= 0.6 is 0 Å². The maximum atomic E-state index is 9.34. The second kappa shape index (κ2) is 3.18. The van der Waals surface area contributed by atoms with Crippen molar-refractivity contribution in [2.75, 3.05) is 0 Å². The van der Waals surface area contributed by atoms with Gasteiger partial charge in [-0.3, -0.25) is 0 Å². The Labute approximate surface area is 60.2 Å². The van der Waals surface area contributed by atoms with Crippen molar-refractivity contribution >= 4 is 10.2 Å². The second-order valence-corrected chi connectivity index (χ2v) is 3.13. The van der Waals surface area contributed by atoms with E-state index in [1.807, 2.05) is 13.0 Å². The van der Waals surface area contributed by atoms with Gasteiger partial charge >= 0.3 is 0 Å². The summed E-state index contributed by atoms with van der Waals surface area (Å²) in [5.74, 6) is 0.190. The van der Waals surface area contributed by atoms with Crippen molar-refractivity contribution in [2.45, 2.75) is 26.4 Å². The van der Waals surface area contributed by atoms with E-state index in [4.69, 9.17) is 0 Å². The standard InChI is InChI=1S/C7H13OSi/c1-6(4-5-9)7(2,3)8/h4-6,8H,1-3H3. The summed E-state index contributed by atoms with van der Waals surface area (Å²) in [5, 5.41) is 9.34. The molecule has 1 atom stereocenters. The zero-order chi connectivity index (χ0) is 7.49. The van der Waals surface area contributed by atoms with Gasteiger partial charge in [0.15, 0.2) is 0 Å². The maximum absolute atomic E-state index is 9.34. The van der Waals surface area contributed by atoms with E-state index in [1.54, 1.807) is 19.5 Å². The van der Waals surface area contributed by atoms with Gasteiger partial charge in [0.05, 0.1) is 15.8 Å². The van der Waals surface area contributed by atoms with Crippen molar-refractivity contribution in [3.05, 3.63) is 11.8 Å². The summed E-state index contributed by atoms with van der Waals surface area (Å²) in [6.45, 7) is 5.56. The molecule has 51 valence electrons. The Morgan fingerprint density at radius 1 is 1.56 bits per heavy atom. The van der Waals surface area contributed by atoms with Crippen LogP contribution in [-0.4, -0.2) is 21.0 Å². The Balaban J connectivity index is 3.88. The fourth-order valence-corrected chi connectivity index (χ4v) is 0.668. The van der Waals surface area contributed by atoms with Gasteiger partial charge in [-0.2, -0.15) is 0 Å². The molecule has 0 rings (SSSR count). The molecule has 0 aliphatic carbocycles. The summed E-state index contributed by atoms with van der Waals surface area (Å²) < 4.78 is 0. The molecule has 0 saturated carbocycles. The molecule has 1 nitrogen and oxygen atoms in total. The normalized spacial score (nSPS) is 16.6. The molecule has 2 heteroatoms. The van der Waals surface area contributed by atoms with Gasteiger partial charge in [-0.25, -0.2) is 0 Å². The molecule has 0 aromatic carbocycles. The van der Waals surface area contributed by atoms with E-state index in [-0.39, 0.29) is 5.92 Å². The number of aliphatic hydroxyl groups is 1. The molecule has 0 saturated heterocycles. The third-order valence-electron chi connectivity index (χ3n) is 1.50. The fraction of sp³-hybridized carbons (Fsp3) is 0.714. The molecule has 3 radical (unpaired) electrons. The fourth-order valence-electron chi connectivity index (χ4n) is 0.380. The Kier molecular flexibility index (Phi) is 3.15. The number of hydrogen-bond donors (Lipinski definition) is 1. The SMILES string of the molecule is CC(C=C[Si])C(C)(C)O. The highest BCUT2D eigenvalue weighted by Crippen LogP contribution is 2.15. The van der Waals surface area contributed by atoms with E-state index in [2.05, 4.69) is 10.2 Å². The van der Waals surface area contributed by atoms with Gasteiger partial charge in [0.1, 0.15) is 0 Å². The molecule has 0 aliphatic rings. The van der Waals surface area contributed by atoms with Crippen molar-refractivity contribution in [3.63, 3.8) is 0 Å². The van der Waals surface area contributed by atoms with E-state index in [1.165, 1.54) is 0 Å². The molecule has 0 aromatic heterocycles. The molecule has 0 amide bonds. The summed E-state index contributed by atoms with van der Waals surface area (Å²) >= 11 is 0. The van der Waals surface area contributed by atoms with Crippen LogP contribution in [0, 0.1) is 5.92 Å². The Morgan fingerprint density at radius 3 is 2.11 bits per heavy atom. The quantitative estimate of drug-likeness (QED) is 0.570. The number of rotatable bonds is 2. The lowest BCUT2D eigenvalue weighted by Crippen LogP contribution is -2.26. The third-order valence-corrected chi connectivity index (χ3v) is 1.69. The molecule has 0 bridgehead atoms. The molecule has 9 heavy (non-hydrogen) atoms. The summed E-state index contributed by atoms with van der Waals surface area (Å²) in [6.07, 6.45) is 1.91. The Bertz CT molecular complexity index is 102. The van der Waals surface area contributed by atoms with Gasteiger partial charge < -0.3 is 5.11 Å². The average molecular weight is 141 g/mol. The van der Waals surface area contributed by atoms with Crippen LogP contribution in [0.4, 0.5) is 0 Å². The molecule has 0 spiro atoms. The minimum absolute atomic E-state index is 0.190. The van der Waals surface area contributed by atoms with E-state index in [0.29, 0.717) is 0 Å². The third kappa shape index (κ3) is 3.49. The van der Waals surface area contributed by atoms with Crippen LogP contribution in [0.1, 0.15) is 20.8 Å². The van der Waals surface area contributed by atoms with Crippen molar-refractivity contribution in [1.82, 2.24) is 0 Å². The van der Waals surface area contributed by atoms with Gasteiger partial charge in [0.25, 0.3) is 0 Å². The van der Waals surface area contributed by atoms with Gasteiger partial charge in [0, 0.05) is 5.92 Å². The Hall–Kier alpha value is -0.0831.